The Morgan fingerprint density at radius 2 is 2.05 bits per heavy atom. The Labute approximate surface area is 128 Å². The molecular formula is C16H20BrNS. The standard InChI is InChI=1S/C16H20BrNS/c1-3-14-8-9-16(19-14)15(18-4-2)11-12-6-5-7-13(17)10-12/h5-10,15,18H,3-4,11H2,1-2H3. The van der Waals surface area contributed by atoms with Gasteiger partial charge < -0.3 is 5.32 Å². The normalized spacial score (nSPS) is 12.6. The van der Waals surface area contributed by atoms with E-state index in [4.69, 9.17) is 0 Å². The van der Waals surface area contributed by atoms with Crippen LogP contribution in [-0.2, 0) is 12.8 Å². The molecule has 1 atom stereocenters. The van der Waals surface area contributed by atoms with E-state index in [1.807, 2.05) is 11.3 Å². The first kappa shape index (κ1) is 14.8. The molecule has 0 aliphatic carbocycles. The lowest BCUT2D eigenvalue weighted by Gasteiger charge is -2.16. The van der Waals surface area contributed by atoms with Gasteiger partial charge in [0, 0.05) is 20.3 Å². The summed E-state index contributed by atoms with van der Waals surface area (Å²) >= 11 is 5.47. The van der Waals surface area contributed by atoms with Gasteiger partial charge in [0.2, 0.25) is 0 Å². The molecule has 0 fully saturated rings. The summed E-state index contributed by atoms with van der Waals surface area (Å²) in [5.41, 5.74) is 1.37. The van der Waals surface area contributed by atoms with Gasteiger partial charge in [0.25, 0.3) is 0 Å². The van der Waals surface area contributed by atoms with Gasteiger partial charge in [-0.2, -0.15) is 0 Å². The van der Waals surface area contributed by atoms with Gasteiger partial charge in [-0.1, -0.05) is 41.9 Å². The molecule has 2 aromatic rings. The van der Waals surface area contributed by atoms with Crippen molar-refractivity contribution in [2.45, 2.75) is 32.7 Å². The number of hydrogen-bond donors (Lipinski definition) is 1. The molecule has 1 heterocycles. The van der Waals surface area contributed by atoms with Crippen molar-refractivity contribution in [3.05, 3.63) is 56.2 Å². The minimum absolute atomic E-state index is 0.421. The SMILES string of the molecule is CCNC(Cc1cccc(Br)c1)c1ccc(CC)s1. The summed E-state index contributed by atoms with van der Waals surface area (Å²) < 4.78 is 1.15. The van der Waals surface area contributed by atoms with Crippen LogP contribution in [0.2, 0.25) is 0 Å². The Bertz CT molecular complexity index is 521. The van der Waals surface area contributed by atoms with E-state index in [9.17, 15) is 0 Å². The van der Waals surface area contributed by atoms with Crippen molar-refractivity contribution in [1.82, 2.24) is 5.32 Å². The maximum atomic E-state index is 3.60. The number of nitrogens with one attached hydrogen (secondary N) is 1. The van der Waals surface area contributed by atoms with Crippen molar-refractivity contribution >= 4 is 27.3 Å². The van der Waals surface area contributed by atoms with Gasteiger partial charge in [-0.25, -0.2) is 0 Å². The van der Waals surface area contributed by atoms with Gasteiger partial charge in [-0.05, 0) is 49.2 Å². The van der Waals surface area contributed by atoms with Crippen molar-refractivity contribution in [3.63, 3.8) is 0 Å². The van der Waals surface area contributed by atoms with E-state index in [0.29, 0.717) is 6.04 Å². The number of thiophene rings is 1. The molecule has 0 saturated carbocycles. The summed E-state index contributed by atoms with van der Waals surface area (Å²) in [6.07, 6.45) is 2.16. The Balaban J connectivity index is 2.15. The van der Waals surface area contributed by atoms with E-state index in [2.05, 4.69) is 71.5 Å². The van der Waals surface area contributed by atoms with Gasteiger partial charge in [0.1, 0.15) is 0 Å². The van der Waals surface area contributed by atoms with Crippen molar-refractivity contribution in [3.8, 4) is 0 Å². The van der Waals surface area contributed by atoms with Crippen LogP contribution in [0.3, 0.4) is 0 Å². The summed E-state index contributed by atoms with van der Waals surface area (Å²) in [4.78, 5) is 2.91. The molecular weight excluding hydrogens is 318 g/mol. The highest BCUT2D eigenvalue weighted by Gasteiger charge is 2.13. The molecule has 0 bridgehead atoms. The van der Waals surface area contributed by atoms with Crippen molar-refractivity contribution in [2.24, 2.45) is 0 Å². The van der Waals surface area contributed by atoms with Crippen LogP contribution in [0.1, 0.15) is 35.2 Å². The van der Waals surface area contributed by atoms with Crippen molar-refractivity contribution in [2.75, 3.05) is 6.54 Å². The molecule has 1 aromatic heterocycles. The fraction of sp³-hybridized carbons (Fsp3) is 0.375. The Hall–Kier alpha value is -0.640. The zero-order valence-corrected chi connectivity index (χ0v) is 13.9. The molecule has 19 heavy (non-hydrogen) atoms. The molecule has 2 rings (SSSR count). The number of benzene rings is 1. The van der Waals surface area contributed by atoms with Gasteiger partial charge in [-0.15, -0.1) is 11.3 Å². The van der Waals surface area contributed by atoms with Crippen LogP contribution >= 0.6 is 27.3 Å². The van der Waals surface area contributed by atoms with Gasteiger partial charge in [-0.3, -0.25) is 0 Å². The first-order valence-electron chi connectivity index (χ1n) is 6.79. The summed E-state index contributed by atoms with van der Waals surface area (Å²) in [5.74, 6) is 0. The highest BCUT2D eigenvalue weighted by molar-refractivity contribution is 9.10. The molecule has 102 valence electrons. The van der Waals surface area contributed by atoms with Gasteiger partial charge >= 0.3 is 0 Å². The van der Waals surface area contributed by atoms with Crippen LogP contribution in [0.5, 0.6) is 0 Å². The maximum absolute atomic E-state index is 3.60. The summed E-state index contributed by atoms with van der Waals surface area (Å²) in [5, 5.41) is 3.60. The van der Waals surface area contributed by atoms with E-state index < -0.39 is 0 Å². The minimum atomic E-state index is 0.421. The minimum Gasteiger partial charge on any atom is -0.309 e. The first-order chi connectivity index (χ1) is 9.22. The van der Waals surface area contributed by atoms with E-state index in [1.165, 1.54) is 15.3 Å². The third kappa shape index (κ3) is 4.16. The summed E-state index contributed by atoms with van der Waals surface area (Å²) in [6.45, 7) is 5.38. The lowest BCUT2D eigenvalue weighted by Crippen LogP contribution is -2.22. The van der Waals surface area contributed by atoms with Crippen LogP contribution in [0.25, 0.3) is 0 Å². The molecule has 0 radical (unpaired) electrons. The number of aryl methyl sites for hydroxylation is 1. The first-order valence-corrected chi connectivity index (χ1v) is 8.40. The van der Waals surface area contributed by atoms with Crippen molar-refractivity contribution in [1.29, 1.82) is 0 Å². The van der Waals surface area contributed by atoms with E-state index in [0.717, 1.165) is 23.9 Å². The fourth-order valence-corrected chi connectivity index (χ4v) is 3.67. The third-order valence-corrected chi connectivity index (χ3v) is 4.99. The molecule has 1 aromatic carbocycles. The topological polar surface area (TPSA) is 12.0 Å². The molecule has 0 aliphatic rings. The lowest BCUT2D eigenvalue weighted by molar-refractivity contribution is 0.558. The predicted octanol–water partition coefficient (Wildman–Crippen LogP) is 4.97. The van der Waals surface area contributed by atoms with E-state index in [-0.39, 0.29) is 0 Å². The predicted molar refractivity (Wildman–Crippen MR) is 88.0 cm³/mol. The second-order valence-electron chi connectivity index (χ2n) is 4.60. The Morgan fingerprint density at radius 1 is 1.21 bits per heavy atom. The Morgan fingerprint density at radius 3 is 2.68 bits per heavy atom. The van der Waals surface area contributed by atoms with Crippen LogP contribution in [0.15, 0.2) is 40.9 Å². The molecule has 0 saturated heterocycles. The fourth-order valence-electron chi connectivity index (χ4n) is 2.19. The average Bonchev–Trinajstić information content (AvgIpc) is 2.87. The largest absolute Gasteiger partial charge is 0.309 e. The number of rotatable bonds is 6. The maximum Gasteiger partial charge on any atom is 0.0455 e. The zero-order valence-electron chi connectivity index (χ0n) is 11.4. The molecule has 0 amide bonds. The van der Waals surface area contributed by atoms with Gasteiger partial charge in [0.05, 0.1) is 0 Å². The highest BCUT2D eigenvalue weighted by Crippen LogP contribution is 2.27. The third-order valence-electron chi connectivity index (χ3n) is 3.15. The van der Waals surface area contributed by atoms with Gasteiger partial charge in [0.15, 0.2) is 0 Å². The number of hydrogen-bond acceptors (Lipinski definition) is 2. The number of halogens is 1. The van der Waals surface area contributed by atoms with Crippen molar-refractivity contribution < 1.29 is 0 Å². The van der Waals surface area contributed by atoms with Crippen LogP contribution in [-0.4, -0.2) is 6.54 Å². The molecule has 0 aliphatic heterocycles. The zero-order chi connectivity index (χ0) is 13.7. The second kappa shape index (κ2) is 7.22. The second-order valence-corrected chi connectivity index (χ2v) is 6.72. The molecule has 3 heteroatoms. The van der Waals surface area contributed by atoms with E-state index >= 15 is 0 Å². The van der Waals surface area contributed by atoms with Crippen LogP contribution in [0.4, 0.5) is 0 Å². The van der Waals surface area contributed by atoms with Crippen LogP contribution < -0.4 is 5.32 Å². The van der Waals surface area contributed by atoms with E-state index in [1.54, 1.807) is 0 Å². The summed E-state index contributed by atoms with van der Waals surface area (Å²) in [6, 6.07) is 13.5. The monoisotopic (exact) mass is 337 g/mol. The molecule has 0 spiro atoms. The molecule has 1 unspecified atom stereocenters. The quantitative estimate of drug-likeness (QED) is 0.784. The Kier molecular flexibility index (Phi) is 5.61. The smallest absolute Gasteiger partial charge is 0.0455 e. The summed E-state index contributed by atoms with van der Waals surface area (Å²) in [7, 11) is 0. The average molecular weight is 338 g/mol. The highest BCUT2D eigenvalue weighted by atomic mass is 79.9. The van der Waals surface area contributed by atoms with Crippen LogP contribution in [0, 0.1) is 0 Å². The number of likely N-dealkylation sites (N-methyl/N-ethyl adjacent to an activating group) is 1. The molecule has 1 N–H and O–H groups in total. The molecule has 1 nitrogen and oxygen atoms in total. The lowest BCUT2D eigenvalue weighted by atomic mass is 10.0.